The van der Waals surface area contributed by atoms with Gasteiger partial charge in [-0.25, -0.2) is 13.4 Å². The van der Waals surface area contributed by atoms with Crippen LogP contribution in [0.1, 0.15) is 29.8 Å². The molecule has 158 valence electrons. The molecule has 0 atom stereocenters. The van der Waals surface area contributed by atoms with Gasteiger partial charge in [0.05, 0.1) is 23.1 Å². The van der Waals surface area contributed by atoms with Gasteiger partial charge in [0.15, 0.2) is 9.84 Å². The lowest BCUT2D eigenvalue weighted by Gasteiger charge is -2.11. The summed E-state index contributed by atoms with van der Waals surface area (Å²) >= 11 is 0. The lowest BCUT2D eigenvalue weighted by molar-refractivity contribution is -0.113. The third kappa shape index (κ3) is 5.19. The molecule has 0 spiro atoms. The minimum Gasteiger partial charge on any atom is -0.334 e. The number of nitriles is 1. The second-order valence-electron chi connectivity index (χ2n) is 7.66. The van der Waals surface area contributed by atoms with Crippen LogP contribution < -0.4 is 5.32 Å². The first-order valence-electron chi connectivity index (χ1n) is 10.1. The van der Waals surface area contributed by atoms with Crippen molar-refractivity contribution in [2.45, 2.75) is 31.6 Å². The van der Waals surface area contributed by atoms with Gasteiger partial charge in [0.1, 0.15) is 11.6 Å². The average Bonchev–Trinajstić information content (AvgIpc) is 3.18. The minimum atomic E-state index is -3.63. The summed E-state index contributed by atoms with van der Waals surface area (Å²) in [6, 6.07) is 15.5. The Balaban J connectivity index is 1.36. The Morgan fingerprint density at radius 1 is 1.10 bits per heavy atom. The topological polar surface area (TPSA) is 105 Å². The molecule has 7 nitrogen and oxygen atoms in total. The van der Waals surface area contributed by atoms with Crippen LogP contribution in [0.25, 0.3) is 11.3 Å². The summed E-state index contributed by atoms with van der Waals surface area (Å²) < 4.78 is 26.9. The maximum Gasteiger partial charge on any atom is 0.239 e. The summed E-state index contributed by atoms with van der Waals surface area (Å²) in [6.45, 7) is 0.993. The van der Waals surface area contributed by atoms with Crippen LogP contribution >= 0.6 is 0 Å². The van der Waals surface area contributed by atoms with E-state index in [1.165, 1.54) is 6.42 Å². The molecule has 31 heavy (non-hydrogen) atoms. The fraction of sp³-hybridized carbons (Fsp3) is 0.261. The normalized spacial score (nSPS) is 13.3. The van der Waals surface area contributed by atoms with Crippen LogP contribution in [0.3, 0.4) is 0 Å². The molecule has 2 heterocycles. The van der Waals surface area contributed by atoms with E-state index in [0.717, 1.165) is 36.5 Å². The standard InChI is InChI=1S/C23H22N4O3S/c24-13-17-4-6-18(7-5-17)15-31(29,30)16-23(28)25-20-10-8-19(9-11-20)21-14-27-12-2-1-3-22(27)26-21/h4-11,14H,1-3,12,15-16H2,(H,25,28). The fourth-order valence-electron chi connectivity index (χ4n) is 3.65. The number of nitrogens with zero attached hydrogens (tertiary/aromatic N) is 3. The van der Waals surface area contributed by atoms with Crippen LogP contribution in [-0.4, -0.2) is 29.6 Å². The number of fused-ring (bicyclic) bond motifs is 1. The predicted molar refractivity (Wildman–Crippen MR) is 118 cm³/mol. The van der Waals surface area contributed by atoms with Crippen molar-refractivity contribution in [3.05, 3.63) is 71.7 Å². The van der Waals surface area contributed by atoms with E-state index in [-0.39, 0.29) is 5.75 Å². The largest absolute Gasteiger partial charge is 0.334 e. The quantitative estimate of drug-likeness (QED) is 0.641. The maximum atomic E-state index is 12.4. The predicted octanol–water partition coefficient (Wildman–Crippen LogP) is 3.31. The van der Waals surface area contributed by atoms with E-state index in [1.807, 2.05) is 18.2 Å². The first-order chi connectivity index (χ1) is 14.9. The van der Waals surface area contributed by atoms with Gasteiger partial charge in [0, 0.05) is 30.4 Å². The second-order valence-corrected chi connectivity index (χ2v) is 9.72. The molecule has 3 aromatic rings. The molecule has 8 heteroatoms. The highest BCUT2D eigenvalue weighted by atomic mass is 32.2. The summed E-state index contributed by atoms with van der Waals surface area (Å²) in [7, 11) is -3.63. The number of anilines is 1. The van der Waals surface area contributed by atoms with Gasteiger partial charge in [0.25, 0.3) is 0 Å². The second kappa shape index (κ2) is 8.74. The van der Waals surface area contributed by atoms with Gasteiger partial charge in [-0.1, -0.05) is 24.3 Å². The Labute approximate surface area is 181 Å². The molecule has 0 saturated carbocycles. The number of hydrogen-bond donors (Lipinski definition) is 1. The lowest BCUT2D eigenvalue weighted by atomic mass is 10.1. The van der Waals surface area contributed by atoms with Crippen molar-refractivity contribution in [1.82, 2.24) is 9.55 Å². The third-order valence-corrected chi connectivity index (χ3v) is 6.67. The molecule has 1 aliphatic rings. The molecule has 0 radical (unpaired) electrons. The van der Waals surface area contributed by atoms with Crippen LogP contribution in [0.5, 0.6) is 0 Å². The van der Waals surface area contributed by atoms with E-state index in [4.69, 9.17) is 5.26 Å². The number of carbonyl (C=O) groups is 1. The highest BCUT2D eigenvalue weighted by Crippen LogP contribution is 2.24. The molecule has 4 rings (SSSR count). The maximum absolute atomic E-state index is 12.4. The molecule has 0 saturated heterocycles. The van der Waals surface area contributed by atoms with Gasteiger partial charge in [-0.05, 0) is 42.7 Å². The number of benzene rings is 2. The van der Waals surface area contributed by atoms with E-state index < -0.39 is 21.5 Å². The molecule has 0 unspecified atom stereocenters. The number of sulfone groups is 1. The monoisotopic (exact) mass is 434 g/mol. The van der Waals surface area contributed by atoms with Crippen molar-refractivity contribution >= 4 is 21.4 Å². The number of aryl methyl sites for hydroxylation is 2. The highest BCUT2D eigenvalue weighted by Gasteiger charge is 2.18. The van der Waals surface area contributed by atoms with Crippen LogP contribution in [0.4, 0.5) is 5.69 Å². The number of imidazole rings is 1. The van der Waals surface area contributed by atoms with Gasteiger partial charge in [-0.2, -0.15) is 5.26 Å². The van der Waals surface area contributed by atoms with Gasteiger partial charge in [-0.15, -0.1) is 0 Å². The molecular weight excluding hydrogens is 412 g/mol. The van der Waals surface area contributed by atoms with Crippen molar-refractivity contribution in [3.8, 4) is 17.3 Å². The van der Waals surface area contributed by atoms with Crippen LogP contribution in [0, 0.1) is 11.3 Å². The highest BCUT2D eigenvalue weighted by molar-refractivity contribution is 7.91. The Morgan fingerprint density at radius 3 is 2.52 bits per heavy atom. The molecule has 1 N–H and O–H groups in total. The van der Waals surface area contributed by atoms with Crippen molar-refractivity contribution in [2.24, 2.45) is 0 Å². The van der Waals surface area contributed by atoms with Crippen LogP contribution in [-0.2, 0) is 33.4 Å². The smallest absolute Gasteiger partial charge is 0.239 e. The molecule has 1 aromatic heterocycles. The lowest BCUT2D eigenvalue weighted by Crippen LogP contribution is -2.23. The van der Waals surface area contributed by atoms with Gasteiger partial charge in [0.2, 0.25) is 5.91 Å². The van der Waals surface area contributed by atoms with Crippen molar-refractivity contribution in [2.75, 3.05) is 11.1 Å². The van der Waals surface area contributed by atoms with Crippen LogP contribution in [0.15, 0.2) is 54.7 Å². The molecule has 1 amide bonds. The van der Waals surface area contributed by atoms with Crippen molar-refractivity contribution < 1.29 is 13.2 Å². The van der Waals surface area contributed by atoms with E-state index in [9.17, 15) is 13.2 Å². The van der Waals surface area contributed by atoms with E-state index in [0.29, 0.717) is 16.8 Å². The molecule has 0 aliphatic carbocycles. The minimum absolute atomic E-state index is 0.254. The third-order valence-electron chi connectivity index (χ3n) is 5.19. The van der Waals surface area contributed by atoms with E-state index in [2.05, 4.69) is 21.1 Å². The first kappa shape index (κ1) is 20.8. The number of aromatic nitrogens is 2. The molecule has 2 aromatic carbocycles. The van der Waals surface area contributed by atoms with E-state index >= 15 is 0 Å². The summed E-state index contributed by atoms with van der Waals surface area (Å²) in [4.78, 5) is 16.9. The van der Waals surface area contributed by atoms with Gasteiger partial charge >= 0.3 is 0 Å². The van der Waals surface area contributed by atoms with Crippen LogP contribution in [0.2, 0.25) is 0 Å². The molecule has 0 fully saturated rings. The summed E-state index contributed by atoms with van der Waals surface area (Å²) in [6.07, 6.45) is 5.38. The number of nitrogens with one attached hydrogen (secondary N) is 1. The summed E-state index contributed by atoms with van der Waals surface area (Å²) in [5.74, 6) is -0.344. The number of carbonyl (C=O) groups excluding carboxylic acids is 1. The fourth-order valence-corrected chi connectivity index (χ4v) is 4.93. The zero-order valence-corrected chi connectivity index (χ0v) is 17.7. The number of rotatable bonds is 6. The summed E-state index contributed by atoms with van der Waals surface area (Å²) in [5.41, 5.74) is 3.39. The van der Waals surface area contributed by atoms with Gasteiger partial charge in [-0.3, -0.25) is 4.79 Å². The average molecular weight is 435 g/mol. The Hall–Kier alpha value is -3.44. The van der Waals surface area contributed by atoms with Gasteiger partial charge < -0.3 is 9.88 Å². The van der Waals surface area contributed by atoms with Crippen molar-refractivity contribution in [3.63, 3.8) is 0 Å². The Morgan fingerprint density at radius 2 is 1.84 bits per heavy atom. The number of hydrogen-bond acceptors (Lipinski definition) is 5. The molecular formula is C23H22N4O3S. The van der Waals surface area contributed by atoms with E-state index in [1.54, 1.807) is 36.4 Å². The number of amides is 1. The zero-order valence-electron chi connectivity index (χ0n) is 16.9. The zero-order chi connectivity index (χ0) is 21.8. The Kier molecular flexibility index (Phi) is 5.87. The Bertz CT molecular complexity index is 1210. The first-order valence-corrected chi connectivity index (χ1v) is 11.9. The molecule has 0 bridgehead atoms. The SMILES string of the molecule is N#Cc1ccc(CS(=O)(=O)CC(=O)Nc2ccc(-c3cn4c(n3)CCCC4)cc2)cc1. The molecule has 1 aliphatic heterocycles. The van der Waals surface area contributed by atoms with Crippen molar-refractivity contribution in [1.29, 1.82) is 5.26 Å². The summed E-state index contributed by atoms with van der Waals surface area (Å²) in [5, 5.41) is 11.5.